The molecular formula is C22H31N5OS. The van der Waals surface area contributed by atoms with Crippen LogP contribution in [0.4, 0.5) is 5.82 Å². The molecule has 2 saturated heterocycles. The molecular weight excluding hydrogens is 382 g/mol. The molecule has 2 aliphatic rings. The van der Waals surface area contributed by atoms with E-state index in [9.17, 15) is 4.79 Å². The van der Waals surface area contributed by atoms with Crippen molar-refractivity contribution >= 4 is 34.3 Å². The summed E-state index contributed by atoms with van der Waals surface area (Å²) < 4.78 is 0. The Balaban J connectivity index is 1.19. The van der Waals surface area contributed by atoms with Gasteiger partial charge in [-0.25, -0.2) is 4.98 Å². The van der Waals surface area contributed by atoms with Gasteiger partial charge >= 0.3 is 0 Å². The van der Waals surface area contributed by atoms with Crippen LogP contribution in [0.25, 0.3) is 10.8 Å². The zero-order valence-electron chi connectivity index (χ0n) is 17.0. The van der Waals surface area contributed by atoms with Gasteiger partial charge in [0.25, 0.3) is 0 Å². The average molecular weight is 414 g/mol. The number of carbonyl (C=O) groups is 1. The highest BCUT2D eigenvalue weighted by atomic mass is 32.2. The molecule has 1 aromatic carbocycles. The van der Waals surface area contributed by atoms with Crippen molar-refractivity contribution in [1.82, 2.24) is 14.8 Å². The Morgan fingerprint density at radius 1 is 1.10 bits per heavy atom. The molecule has 2 aliphatic heterocycles. The Kier molecular flexibility index (Phi) is 6.90. The van der Waals surface area contributed by atoms with E-state index in [0.29, 0.717) is 0 Å². The van der Waals surface area contributed by atoms with E-state index in [4.69, 9.17) is 5.73 Å². The number of amides is 1. The van der Waals surface area contributed by atoms with Gasteiger partial charge in [-0.1, -0.05) is 30.7 Å². The third-order valence-electron chi connectivity index (χ3n) is 5.95. The van der Waals surface area contributed by atoms with Gasteiger partial charge in [-0.05, 0) is 30.8 Å². The molecule has 2 aromatic rings. The lowest BCUT2D eigenvalue weighted by molar-refractivity contribution is -0.131. The zero-order valence-corrected chi connectivity index (χ0v) is 17.8. The Morgan fingerprint density at radius 3 is 2.72 bits per heavy atom. The minimum atomic E-state index is -0.331. The van der Waals surface area contributed by atoms with Gasteiger partial charge in [0.2, 0.25) is 5.91 Å². The van der Waals surface area contributed by atoms with Crippen LogP contribution in [0.2, 0.25) is 0 Å². The van der Waals surface area contributed by atoms with E-state index < -0.39 is 0 Å². The third kappa shape index (κ3) is 5.02. The molecule has 1 aromatic heterocycles. The fourth-order valence-electron chi connectivity index (χ4n) is 4.18. The number of fused-ring (bicyclic) bond motifs is 1. The van der Waals surface area contributed by atoms with Crippen LogP contribution in [0.1, 0.15) is 19.3 Å². The number of thioether (sulfide) groups is 1. The van der Waals surface area contributed by atoms with E-state index in [1.165, 1.54) is 10.8 Å². The summed E-state index contributed by atoms with van der Waals surface area (Å²) in [5.74, 6) is 3.08. The number of anilines is 1. The van der Waals surface area contributed by atoms with Gasteiger partial charge in [0.15, 0.2) is 0 Å². The number of hydrogen-bond donors (Lipinski definition) is 1. The monoisotopic (exact) mass is 413 g/mol. The zero-order chi connectivity index (χ0) is 20.1. The van der Waals surface area contributed by atoms with Crippen molar-refractivity contribution in [3.8, 4) is 0 Å². The number of hydrogen-bond acceptors (Lipinski definition) is 6. The molecule has 0 radical (unpaired) electrons. The minimum Gasteiger partial charge on any atom is -0.354 e. The highest BCUT2D eigenvalue weighted by Crippen LogP contribution is 2.25. The number of rotatable bonds is 7. The lowest BCUT2D eigenvalue weighted by Crippen LogP contribution is -2.47. The lowest BCUT2D eigenvalue weighted by atomic mass is 10.1. The Hall–Kier alpha value is -1.83. The summed E-state index contributed by atoms with van der Waals surface area (Å²) in [4.78, 5) is 23.7. The SMILES string of the molecule is NC(CCCCN1CCN(c2nccc3ccccc23)CC1)C(=O)N1CCSC1. The third-order valence-corrected chi connectivity index (χ3v) is 6.91. The summed E-state index contributed by atoms with van der Waals surface area (Å²) in [6.45, 7) is 6.06. The van der Waals surface area contributed by atoms with Gasteiger partial charge in [0.05, 0.1) is 11.9 Å². The first-order chi connectivity index (χ1) is 14.2. The summed E-state index contributed by atoms with van der Waals surface area (Å²) in [6.07, 6.45) is 4.82. The first-order valence-corrected chi connectivity index (χ1v) is 11.8. The molecule has 2 fully saturated rings. The fourth-order valence-corrected chi connectivity index (χ4v) is 5.14. The van der Waals surface area contributed by atoms with E-state index in [0.717, 1.165) is 76.0 Å². The first kappa shape index (κ1) is 20.4. The molecule has 29 heavy (non-hydrogen) atoms. The van der Waals surface area contributed by atoms with Crippen LogP contribution in [0.5, 0.6) is 0 Å². The maximum atomic E-state index is 12.3. The molecule has 0 saturated carbocycles. The first-order valence-electron chi connectivity index (χ1n) is 10.7. The number of unbranched alkanes of at least 4 members (excludes halogenated alkanes) is 1. The van der Waals surface area contributed by atoms with Crippen molar-refractivity contribution < 1.29 is 4.79 Å². The quantitative estimate of drug-likeness (QED) is 0.703. The highest BCUT2D eigenvalue weighted by molar-refractivity contribution is 7.99. The van der Waals surface area contributed by atoms with Gasteiger partial charge in [0, 0.05) is 50.1 Å². The molecule has 6 nitrogen and oxygen atoms in total. The van der Waals surface area contributed by atoms with E-state index >= 15 is 0 Å². The van der Waals surface area contributed by atoms with Crippen LogP contribution in [0.15, 0.2) is 36.5 Å². The van der Waals surface area contributed by atoms with Gasteiger partial charge in [-0.15, -0.1) is 11.8 Å². The van der Waals surface area contributed by atoms with Crippen LogP contribution >= 0.6 is 11.8 Å². The Morgan fingerprint density at radius 2 is 1.93 bits per heavy atom. The number of piperazine rings is 1. The van der Waals surface area contributed by atoms with Crippen LogP contribution in [0.3, 0.4) is 0 Å². The summed E-state index contributed by atoms with van der Waals surface area (Å²) in [7, 11) is 0. The number of pyridine rings is 1. The topological polar surface area (TPSA) is 65.7 Å². The van der Waals surface area contributed by atoms with Crippen LogP contribution < -0.4 is 10.6 Å². The van der Waals surface area contributed by atoms with Crippen LogP contribution in [-0.4, -0.2) is 77.6 Å². The van der Waals surface area contributed by atoms with Gasteiger partial charge < -0.3 is 15.5 Å². The maximum Gasteiger partial charge on any atom is 0.240 e. The molecule has 1 atom stereocenters. The molecule has 3 heterocycles. The van der Waals surface area contributed by atoms with Crippen molar-refractivity contribution in [1.29, 1.82) is 0 Å². The number of nitrogens with zero attached hydrogens (tertiary/aromatic N) is 4. The molecule has 0 bridgehead atoms. The molecule has 2 N–H and O–H groups in total. The van der Waals surface area contributed by atoms with Crippen molar-refractivity contribution in [2.45, 2.75) is 25.3 Å². The predicted molar refractivity (Wildman–Crippen MR) is 121 cm³/mol. The van der Waals surface area contributed by atoms with Crippen molar-refractivity contribution in [2.75, 3.05) is 55.8 Å². The fraction of sp³-hybridized carbons (Fsp3) is 0.545. The van der Waals surface area contributed by atoms with E-state index in [2.05, 4.69) is 45.1 Å². The van der Waals surface area contributed by atoms with Gasteiger partial charge in [-0.3, -0.25) is 9.69 Å². The van der Waals surface area contributed by atoms with Crippen LogP contribution in [0, 0.1) is 0 Å². The molecule has 1 amide bonds. The number of aromatic nitrogens is 1. The number of nitrogens with two attached hydrogens (primary N) is 1. The number of benzene rings is 1. The smallest absolute Gasteiger partial charge is 0.240 e. The second-order valence-electron chi connectivity index (χ2n) is 7.93. The normalized spacial score (nSPS) is 19.1. The molecule has 1 unspecified atom stereocenters. The minimum absolute atomic E-state index is 0.131. The molecule has 7 heteroatoms. The van der Waals surface area contributed by atoms with E-state index in [1.54, 1.807) is 0 Å². The van der Waals surface area contributed by atoms with E-state index in [1.807, 2.05) is 22.9 Å². The second-order valence-corrected chi connectivity index (χ2v) is 9.00. The van der Waals surface area contributed by atoms with Crippen molar-refractivity contribution in [3.63, 3.8) is 0 Å². The average Bonchev–Trinajstić information content (AvgIpc) is 3.31. The van der Waals surface area contributed by atoms with Crippen LogP contribution in [-0.2, 0) is 4.79 Å². The molecule has 4 rings (SSSR count). The molecule has 0 spiro atoms. The van der Waals surface area contributed by atoms with Gasteiger partial charge in [-0.2, -0.15) is 0 Å². The van der Waals surface area contributed by atoms with Crippen molar-refractivity contribution in [3.05, 3.63) is 36.5 Å². The summed E-state index contributed by atoms with van der Waals surface area (Å²) in [5, 5.41) is 2.48. The maximum absolute atomic E-state index is 12.3. The largest absolute Gasteiger partial charge is 0.354 e. The number of carbonyl (C=O) groups excluding carboxylic acids is 1. The Labute approximate surface area is 177 Å². The highest BCUT2D eigenvalue weighted by Gasteiger charge is 2.24. The standard InChI is InChI=1S/C22H31N5OS/c23-20(22(28)27-15-16-29-17-27)7-3-4-10-25-11-13-26(14-12-25)21-19-6-2-1-5-18(19)8-9-24-21/h1-2,5-6,8-9,20H,3-4,7,10-17,23H2. The predicted octanol–water partition coefficient (Wildman–Crippen LogP) is 2.39. The summed E-state index contributed by atoms with van der Waals surface area (Å²) in [6, 6.07) is 10.2. The molecule has 0 aliphatic carbocycles. The van der Waals surface area contributed by atoms with E-state index in [-0.39, 0.29) is 11.9 Å². The Bertz CT molecular complexity index is 812. The molecule has 156 valence electrons. The summed E-state index contributed by atoms with van der Waals surface area (Å²) >= 11 is 1.81. The second kappa shape index (κ2) is 9.78. The lowest BCUT2D eigenvalue weighted by Gasteiger charge is -2.36. The summed E-state index contributed by atoms with van der Waals surface area (Å²) in [5.41, 5.74) is 6.12. The van der Waals surface area contributed by atoms with Crippen molar-refractivity contribution in [2.24, 2.45) is 5.73 Å². The van der Waals surface area contributed by atoms with Gasteiger partial charge in [0.1, 0.15) is 5.82 Å².